The highest BCUT2D eigenvalue weighted by atomic mass is 16.5. The molecule has 2 aliphatic rings. The fraction of sp³-hybridized carbons (Fsp3) is 0.353. The van der Waals surface area contributed by atoms with Crippen LogP contribution in [0.1, 0.15) is 40.8 Å². The number of fused-ring (bicyclic) bond motifs is 2. The van der Waals surface area contributed by atoms with Crippen LogP contribution in [-0.2, 0) is 12.8 Å². The zero-order valence-electron chi connectivity index (χ0n) is 11.4. The van der Waals surface area contributed by atoms with Gasteiger partial charge in [-0.2, -0.15) is 0 Å². The van der Waals surface area contributed by atoms with Crippen LogP contribution in [0.3, 0.4) is 0 Å². The molecule has 0 saturated heterocycles. The normalized spacial score (nSPS) is 21.1. The van der Waals surface area contributed by atoms with Gasteiger partial charge in [-0.15, -0.1) is 0 Å². The largest absolute Gasteiger partial charge is 0.493 e. The molecule has 1 aliphatic heterocycles. The first kappa shape index (κ1) is 11.9. The maximum absolute atomic E-state index is 6.53. The van der Waals surface area contributed by atoms with Gasteiger partial charge < -0.3 is 10.5 Å². The van der Waals surface area contributed by atoms with Crippen LogP contribution >= 0.6 is 0 Å². The Bertz CT molecular complexity index is 653. The minimum absolute atomic E-state index is 0.0250. The van der Waals surface area contributed by atoms with E-state index in [0.717, 1.165) is 31.6 Å². The number of hydrogen-bond donors (Lipinski definition) is 1. The maximum atomic E-state index is 6.53. The maximum Gasteiger partial charge on any atom is 0.122 e. The summed E-state index contributed by atoms with van der Waals surface area (Å²) in [6, 6.07) is 10.6. The summed E-state index contributed by atoms with van der Waals surface area (Å²) in [5.41, 5.74) is 11.6. The predicted octanol–water partition coefficient (Wildman–Crippen LogP) is 2.75. The summed E-state index contributed by atoms with van der Waals surface area (Å²) < 4.78 is 5.56. The molecule has 102 valence electrons. The molecule has 3 heteroatoms. The van der Waals surface area contributed by atoms with E-state index in [1.165, 1.54) is 22.4 Å². The second-order valence-corrected chi connectivity index (χ2v) is 5.68. The number of aromatic nitrogens is 1. The molecule has 3 nitrogen and oxygen atoms in total. The van der Waals surface area contributed by atoms with E-state index in [0.29, 0.717) is 5.92 Å². The van der Waals surface area contributed by atoms with Crippen molar-refractivity contribution >= 4 is 0 Å². The van der Waals surface area contributed by atoms with Gasteiger partial charge in [0.25, 0.3) is 0 Å². The highest BCUT2D eigenvalue weighted by Gasteiger charge is 2.30. The summed E-state index contributed by atoms with van der Waals surface area (Å²) in [5, 5.41) is 0. The first-order valence-electron chi connectivity index (χ1n) is 7.28. The third-order valence-corrected chi connectivity index (χ3v) is 4.53. The van der Waals surface area contributed by atoms with Crippen LogP contribution < -0.4 is 10.5 Å². The zero-order chi connectivity index (χ0) is 13.5. The molecule has 0 amide bonds. The van der Waals surface area contributed by atoms with Crippen LogP contribution in [0.25, 0.3) is 0 Å². The van der Waals surface area contributed by atoms with Crippen LogP contribution in [0.4, 0.5) is 0 Å². The second kappa shape index (κ2) is 4.60. The van der Waals surface area contributed by atoms with Gasteiger partial charge in [-0.25, -0.2) is 0 Å². The third-order valence-electron chi connectivity index (χ3n) is 4.53. The summed E-state index contributed by atoms with van der Waals surface area (Å²) in [6.45, 7) is 0.793. The molecule has 2 heterocycles. The van der Waals surface area contributed by atoms with Crippen LogP contribution in [0, 0.1) is 0 Å². The molecule has 1 aromatic heterocycles. The average molecular weight is 266 g/mol. The van der Waals surface area contributed by atoms with E-state index in [-0.39, 0.29) is 6.04 Å². The van der Waals surface area contributed by atoms with E-state index in [9.17, 15) is 0 Å². The van der Waals surface area contributed by atoms with Gasteiger partial charge in [-0.1, -0.05) is 18.2 Å². The van der Waals surface area contributed by atoms with Crippen molar-refractivity contribution in [1.82, 2.24) is 4.98 Å². The van der Waals surface area contributed by atoms with Crippen LogP contribution in [0.15, 0.2) is 36.5 Å². The van der Waals surface area contributed by atoms with Crippen LogP contribution in [0.2, 0.25) is 0 Å². The summed E-state index contributed by atoms with van der Waals surface area (Å²) in [7, 11) is 0. The van der Waals surface area contributed by atoms with Crippen molar-refractivity contribution in [2.75, 3.05) is 6.61 Å². The molecule has 0 saturated carbocycles. The molecule has 2 unspecified atom stereocenters. The van der Waals surface area contributed by atoms with Gasteiger partial charge in [0.1, 0.15) is 5.75 Å². The number of aryl methyl sites for hydroxylation is 1. The highest BCUT2D eigenvalue weighted by molar-refractivity contribution is 5.42. The van der Waals surface area contributed by atoms with Crippen molar-refractivity contribution in [1.29, 1.82) is 0 Å². The van der Waals surface area contributed by atoms with Crippen molar-refractivity contribution in [3.63, 3.8) is 0 Å². The standard InChI is InChI=1S/C17H18N2O/c18-16(13-4-6-15-12(10-13)7-9-20-15)14-5-3-11-2-1-8-19-17(11)14/h1-2,4,6,8,10,14,16H,3,5,7,9,18H2. The summed E-state index contributed by atoms with van der Waals surface area (Å²) >= 11 is 0. The summed E-state index contributed by atoms with van der Waals surface area (Å²) in [4.78, 5) is 4.56. The topological polar surface area (TPSA) is 48.1 Å². The van der Waals surface area contributed by atoms with Crippen molar-refractivity contribution in [3.05, 3.63) is 58.9 Å². The van der Waals surface area contributed by atoms with Crippen molar-refractivity contribution in [3.8, 4) is 5.75 Å². The van der Waals surface area contributed by atoms with Gasteiger partial charge in [0.15, 0.2) is 0 Å². The Labute approximate surface area is 118 Å². The Morgan fingerprint density at radius 3 is 3.10 bits per heavy atom. The number of hydrogen-bond acceptors (Lipinski definition) is 3. The number of nitrogens with two attached hydrogens (primary N) is 1. The lowest BCUT2D eigenvalue weighted by Gasteiger charge is -2.20. The van der Waals surface area contributed by atoms with Gasteiger partial charge in [-0.05, 0) is 41.7 Å². The molecule has 0 radical (unpaired) electrons. The Morgan fingerprint density at radius 1 is 1.20 bits per heavy atom. The first-order valence-corrected chi connectivity index (χ1v) is 7.28. The van der Waals surface area contributed by atoms with Gasteiger partial charge >= 0.3 is 0 Å². The van der Waals surface area contributed by atoms with E-state index in [4.69, 9.17) is 10.5 Å². The number of nitrogens with zero attached hydrogens (tertiary/aromatic N) is 1. The predicted molar refractivity (Wildman–Crippen MR) is 77.9 cm³/mol. The second-order valence-electron chi connectivity index (χ2n) is 5.68. The molecule has 0 bridgehead atoms. The first-order chi connectivity index (χ1) is 9.83. The molecular weight excluding hydrogens is 248 g/mol. The Balaban J connectivity index is 1.67. The summed E-state index contributed by atoms with van der Waals surface area (Å²) in [5.74, 6) is 1.36. The molecule has 20 heavy (non-hydrogen) atoms. The molecule has 2 aromatic rings. The Morgan fingerprint density at radius 2 is 2.15 bits per heavy atom. The van der Waals surface area contributed by atoms with Gasteiger partial charge in [0, 0.05) is 30.3 Å². The smallest absolute Gasteiger partial charge is 0.122 e. The molecule has 2 N–H and O–H groups in total. The Kier molecular flexibility index (Phi) is 2.74. The van der Waals surface area contributed by atoms with Gasteiger partial charge in [-0.3, -0.25) is 4.98 Å². The summed E-state index contributed by atoms with van der Waals surface area (Å²) in [6.07, 6.45) is 5.06. The lowest BCUT2D eigenvalue weighted by Crippen LogP contribution is -2.19. The molecule has 2 atom stereocenters. The quantitative estimate of drug-likeness (QED) is 0.909. The fourth-order valence-electron chi connectivity index (χ4n) is 3.44. The molecule has 4 rings (SSSR count). The molecule has 0 fully saturated rings. The van der Waals surface area contributed by atoms with E-state index >= 15 is 0 Å². The van der Waals surface area contributed by atoms with E-state index < -0.39 is 0 Å². The average Bonchev–Trinajstić information content (AvgIpc) is 3.12. The lowest BCUT2D eigenvalue weighted by atomic mass is 9.90. The number of ether oxygens (including phenoxy) is 1. The van der Waals surface area contributed by atoms with Gasteiger partial charge in [0.2, 0.25) is 0 Å². The van der Waals surface area contributed by atoms with E-state index in [1.807, 2.05) is 12.3 Å². The number of pyridine rings is 1. The third kappa shape index (κ3) is 1.81. The molecular formula is C17H18N2O. The lowest BCUT2D eigenvalue weighted by molar-refractivity contribution is 0.356. The Hall–Kier alpha value is -1.87. The van der Waals surface area contributed by atoms with Gasteiger partial charge in [0.05, 0.1) is 6.61 Å². The minimum Gasteiger partial charge on any atom is -0.493 e. The van der Waals surface area contributed by atoms with Crippen LogP contribution in [0.5, 0.6) is 5.75 Å². The zero-order valence-corrected chi connectivity index (χ0v) is 11.4. The van der Waals surface area contributed by atoms with E-state index in [2.05, 4.69) is 29.2 Å². The number of benzene rings is 1. The fourth-order valence-corrected chi connectivity index (χ4v) is 3.44. The number of rotatable bonds is 2. The molecule has 0 spiro atoms. The van der Waals surface area contributed by atoms with Crippen molar-refractivity contribution in [2.45, 2.75) is 31.2 Å². The SMILES string of the molecule is NC(c1ccc2c(c1)CCO2)C1CCc2cccnc21. The molecule has 1 aromatic carbocycles. The van der Waals surface area contributed by atoms with Crippen molar-refractivity contribution < 1.29 is 4.74 Å². The van der Waals surface area contributed by atoms with Crippen LogP contribution in [-0.4, -0.2) is 11.6 Å². The van der Waals surface area contributed by atoms with E-state index in [1.54, 1.807) is 0 Å². The van der Waals surface area contributed by atoms with Crippen molar-refractivity contribution in [2.24, 2.45) is 5.73 Å². The minimum atomic E-state index is 0.0250. The highest BCUT2D eigenvalue weighted by Crippen LogP contribution is 2.40. The molecule has 1 aliphatic carbocycles. The monoisotopic (exact) mass is 266 g/mol.